The van der Waals surface area contributed by atoms with E-state index in [1.807, 2.05) is 0 Å². The Morgan fingerprint density at radius 2 is 2.15 bits per heavy atom. The SMILES string of the molecule is O=C1CC[C@@H](C(=O)Nc2cccc(OC(F)(F)F)c2)N1. The van der Waals surface area contributed by atoms with E-state index in [9.17, 15) is 22.8 Å². The third-order valence-electron chi connectivity index (χ3n) is 2.65. The molecule has 8 heteroatoms. The molecule has 1 aromatic carbocycles. The van der Waals surface area contributed by atoms with Crippen LogP contribution in [-0.2, 0) is 9.59 Å². The lowest BCUT2D eigenvalue weighted by Crippen LogP contribution is -2.37. The van der Waals surface area contributed by atoms with Crippen LogP contribution in [0.5, 0.6) is 5.75 Å². The average Bonchev–Trinajstić information content (AvgIpc) is 2.74. The Balaban J connectivity index is 2.01. The molecule has 2 amide bonds. The van der Waals surface area contributed by atoms with Gasteiger partial charge < -0.3 is 15.4 Å². The van der Waals surface area contributed by atoms with E-state index in [4.69, 9.17) is 0 Å². The van der Waals surface area contributed by atoms with Crippen molar-refractivity contribution in [1.29, 1.82) is 0 Å². The van der Waals surface area contributed by atoms with Crippen LogP contribution in [0.4, 0.5) is 18.9 Å². The predicted octanol–water partition coefficient (Wildman–Crippen LogP) is 1.80. The van der Waals surface area contributed by atoms with Gasteiger partial charge in [0.25, 0.3) is 0 Å². The molecule has 0 saturated carbocycles. The largest absolute Gasteiger partial charge is 0.573 e. The second kappa shape index (κ2) is 5.40. The van der Waals surface area contributed by atoms with Crippen molar-refractivity contribution in [3.63, 3.8) is 0 Å². The van der Waals surface area contributed by atoms with Crippen molar-refractivity contribution in [2.45, 2.75) is 25.2 Å². The maximum absolute atomic E-state index is 12.1. The summed E-state index contributed by atoms with van der Waals surface area (Å²) >= 11 is 0. The molecule has 1 aromatic rings. The zero-order valence-corrected chi connectivity index (χ0v) is 10.2. The van der Waals surface area contributed by atoms with Crippen LogP contribution in [0, 0.1) is 0 Å². The van der Waals surface area contributed by atoms with Gasteiger partial charge in [-0.15, -0.1) is 13.2 Å². The van der Waals surface area contributed by atoms with Crippen molar-refractivity contribution in [1.82, 2.24) is 5.32 Å². The van der Waals surface area contributed by atoms with E-state index in [0.717, 1.165) is 12.1 Å². The zero-order chi connectivity index (χ0) is 14.8. The fourth-order valence-electron chi connectivity index (χ4n) is 1.81. The molecule has 0 unspecified atom stereocenters. The molecule has 0 aromatic heterocycles. The fraction of sp³-hybridized carbons (Fsp3) is 0.333. The van der Waals surface area contributed by atoms with Gasteiger partial charge in [-0.25, -0.2) is 0 Å². The number of ether oxygens (including phenoxy) is 1. The smallest absolute Gasteiger partial charge is 0.406 e. The highest BCUT2D eigenvalue weighted by molar-refractivity contribution is 5.99. The van der Waals surface area contributed by atoms with Gasteiger partial charge in [0, 0.05) is 18.2 Å². The number of alkyl halides is 3. The fourth-order valence-corrected chi connectivity index (χ4v) is 1.81. The highest BCUT2D eigenvalue weighted by Gasteiger charge is 2.31. The van der Waals surface area contributed by atoms with E-state index < -0.39 is 24.1 Å². The van der Waals surface area contributed by atoms with Crippen LogP contribution < -0.4 is 15.4 Å². The molecule has 1 fully saturated rings. The van der Waals surface area contributed by atoms with Gasteiger partial charge in [-0.3, -0.25) is 9.59 Å². The van der Waals surface area contributed by atoms with Crippen LogP contribution in [0.25, 0.3) is 0 Å². The van der Waals surface area contributed by atoms with E-state index >= 15 is 0 Å². The number of halogens is 3. The van der Waals surface area contributed by atoms with Gasteiger partial charge in [0.2, 0.25) is 11.8 Å². The summed E-state index contributed by atoms with van der Waals surface area (Å²) in [7, 11) is 0. The van der Waals surface area contributed by atoms with Gasteiger partial charge >= 0.3 is 6.36 Å². The monoisotopic (exact) mass is 288 g/mol. The first-order valence-electron chi connectivity index (χ1n) is 5.79. The highest BCUT2D eigenvalue weighted by Crippen LogP contribution is 2.25. The van der Waals surface area contributed by atoms with Crippen LogP contribution in [0.1, 0.15) is 12.8 Å². The molecule has 108 valence electrons. The van der Waals surface area contributed by atoms with Crippen LogP contribution in [0.2, 0.25) is 0 Å². The topological polar surface area (TPSA) is 67.4 Å². The van der Waals surface area contributed by atoms with E-state index in [-0.39, 0.29) is 18.0 Å². The molecular formula is C12H11F3N2O3. The molecule has 5 nitrogen and oxygen atoms in total. The van der Waals surface area contributed by atoms with Crippen molar-refractivity contribution in [3.05, 3.63) is 24.3 Å². The van der Waals surface area contributed by atoms with Crippen molar-refractivity contribution < 1.29 is 27.5 Å². The summed E-state index contributed by atoms with van der Waals surface area (Å²) in [6, 6.07) is 4.28. The standard InChI is InChI=1S/C12H11F3N2O3/c13-12(14,15)20-8-3-1-2-7(6-8)16-11(19)9-4-5-10(18)17-9/h1-3,6,9H,4-5H2,(H,16,19)(H,17,18)/t9-/m0/s1. The van der Waals surface area contributed by atoms with Crippen LogP contribution in [0.3, 0.4) is 0 Å². The van der Waals surface area contributed by atoms with Crippen molar-refractivity contribution in [2.24, 2.45) is 0 Å². The Morgan fingerprint density at radius 1 is 1.40 bits per heavy atom. The summed E-state index contributed by atoms with van der Waals surface area (Å²) in [6.07, 6.45) is -4.17. The quantitative estimate of drug-likeness (QED) is 0.891. The lowest BCUT2D eigenvalue weighted by atomic mass is 10.2. The Bertz CT molecular complexity index is 531. The Hall–Kier alpha value is -2.25. The minimum atomic E-state index is -4.79. The number of rotatable bonds is 3. The summed E-state index contributed by atoms with van der Waals surface area (Å²) in [6.45, 7) is 0. The van der Waals surface area contributed by atoms with Crippen LogP contribution >= 0.6 is 0 Å². The first-order chi connectivity index (χ1) is 9.33. The number of anilines is 1. The lowest BCUT2D eigenvalue weighted by molar-refractivity contribution is -0.274. The molecular weight excluding hydrogens is 277 g/mol. The summed E-state index contributed by atoms with van der Waals surface area (Å²) < 4.78 is 39.9. The molecule has 20 heavy (non-hydrogen) atoms. The normalized spacial score (nSPS) is 18.6. The third-order valence-corrected chi connectivity index (χ3v) is 2.65. The predicted molar refractivity (Wildman–Crippen MR) is 62.9 cm³/mol. The van der Waals surface area contributed by atoms with E-state index in [1.165, 1.54) is 12.1 Å². The highest BCUT2D eigenvalue weighted by atomic mass is 19.4. The second-order valence-electron chi connectivity index (χ2n) is 4.22. The molecule has 2 rings (SSSR count). The second-order valence-corrected chi connectivity index (χ2v) is 4.22. The van der Waals surface area contributed by atoms with Gasteiger partial charge in [-0.1, -0.05) is 6.07 Å². The number of carbonyl (C=O) groups is 2. The average molecular weight is 288 g/mol. The van der Waals surface area contributed by atoms with Crippen molar-refractivity contribution >= 4 is 17.5 Å². The molecule has 0 aliphatic carbocycles. The van der Waals surface area contributed by atoms with Gasteiger partial charge in [-0.2, -0.15) is 0 Å². The molecule has 1 aliphatic heterocycles. The first kappa shape index (κ1) is 14.2. The van der Waals surface area contributed by atoms with Crippen molar-refractivity contribution in [2.75, 3.05) is 5.32 Å². The Labute approximate surface area is 112 Å². The van der Waals surface area contributed by atoms with Crippen molar-refractivity contribution in [3.8, 4) is 5.75 Å². The van der Waals surface area contributed by atoms with Gasteiger partial charge in [-0.05, 0) is 18.6 Å². The number of carbonyl (C=O) groups excluding carboxylic acids is 2. The third kappa shape index (κ3) is 3.87. The Morgan fingerprint density at radius 3 is 2.75 bits per heavy atom. The van der Waals surface area contributed by atoms with Gasteiger partial charge in [0.05, 0.1) is 0 Å². The number of amides is 2. The van der Waals surface area contributed by atoms with Crippen LogP contribution in [-0.4, -0.2) is 24.2 Å². The molecule has 1 saturated heterocycles. The molecule has 0 spiro atoms. The van der Waals surface area contributed by atoms with Crippen LogP contribution in [0.15, 0.2) is 24.3 Å². The lowest BCUT2D eigenvalue weighted by Gasteiger charge is -2.13. The number of hydrogen-bond donors (Lipinski definition) is 2. The minimum Gasteiger partial charge on any atom is -0.406 e. The molecule has 1 aliphatic rings. The van der Waals surface area contributed by atoms with E-state index in [0.29, 0.717) is 6.42 Å². The number of hydrogen-bond acceptors (Lipinski definition) is 3. The molecule has 1 heterocycles. The number of nitrogens with one attached hydrogen (secondary N) is 2. The number of benzene rings is 1. The summed E-state index contributed by atoms with van der Waals surface area (Å²) in [5.74, 6) is -1.12. The molecule has 2 N–H and O–H groups in total. The molecule has 0 bridgehead atoms. The zero-order valence-electron chi connectivity index (χ0n) is 10.2. The maximum Gasteiger partial charge on any atom is 0.573 e. The summed E-state index contributed by atoms with van der Waals surface area (Å²) in [5.41, 5.74) is 0.165. The first-order valence-corrected chi connectivity index (χ1v) is 5.79. The van der Waals surface area contributed by atoms with E-state index in [1.54, 1.807) is 0 Å². The van der Waals surface area contributed by atoms with Gasteiger partial charge in [0.1, 0.15) is 11.8 Å². The molecule has 0 radical (unpaired) electrons. The Kier molecular flexibility index (Phi) is 3.82. The molecule has 1 atom stereocenters. The van der Waals surface area contributed by atoms with E-state index in [2.05, 4.69) is 15.4 Å². The summed E-state index contributed by atoms with van der Waals surface area (Å²) in [4.78, 5) is 22.8. The maximum atomic E-state index is 12.1. The minimum absolute atomic E-state index is 0.165. The van der Waals surface area contributed by atoms with Gasteiger partial charge in [0.15, 0.2) is 0 Å². The summed E-state index contributed by atoms with van der Waals surface area (Å²) in [5, 5.41) is 4.89.